The molecule has 0 aliphatic carbocycles. The highest BCUT2D eigenvalue weighted by Gasteiger charge is 2.50. The fourth-order valence-corrected chi connectivity index (χ4v) is 4.07. The Labute approximate surface area is 177 Å². The van der Waals surface area contributed by atoms with Crippen molar-refractivity contribution in [1.29, 1.82) is 0 Å². The minimum atomic E-state index is -2.17. The number of fused-ring (bicyclic) bond motifs is 3. The number of phenolic OH excluding ortho intramolecular Hbond substituents is 1. The molecular weight excluding hydrogens is 396 g/mol. The smallest absolute Gasteiger partial charge is 0.336 e. The zero-order valence-electron chi connectivity index (χ0n) is 16.6. The van der Waals surface area contributed by atoms with Gasteiger partial charge in [-0.15, -0.1) is 0 Å². The molecule has 2 heterocycles. The van der Waals surface area contributed by atoms with Crippen LogP contribution in [0.15, 0.2) is 75.9 Å². The number of aliphatic hydroxyl groups is 1. The van der Waals surface area contributed by atoms with E-state index in [-0.39, 0.29) is 40.0 Å². The normalized spacial score (nSPS) is 17.5. The van der Waals surface area contributed by atoms with Gasteiger partial charge in [0.05, 0.1) is 5.39 Å². The maximum atomic E-state index is 13.3. The predicted molar refractivity (Wildman–Crippen MR) is 114 cm³/mol. The van der Waals surface area contributed by atoms with Crippen LogP contribution in [0.4, 0.5) is 0 Å². The van der Waals surface area contributed by atoms with Crippen LogP contribution in [0.2, 0.25) is 0 Å². The van der Waals surface area contributed by atoms with E-state index in [0.29, 0.717) is 16.7 Å². The number of ether oxygens (including phenoxy) is 1. The third-order valence-electron chi connectivity index (χ3n) is 5.57. The largest absolute Gasteiger partial charge is 0.507 e. The van der Waals surface area contributed by atoms with Crippen molar-refractivity contribution in [3.8, 4) is 22.6 Å². The first-order valence-corrected chi connectivity index (χ1v) is 9.78. The number of benzene rings is 3. The van der Waals surface area contributed by atoms with Gasteiger partial charge in [0, 0.05) is 23.6 Å². The summed E-state index contributed by atoms with van der Waals surface area (Å²) in [7, 11) is 0. The van der Waals surface area contributed by atoms with E-state index in [0.717, 1.165) is 0 Å². The van der Waals surface area contributed by atoms with Crippen molar-refractivity contribution < 1.29 is 24.2 Å². The Hall–Kier alpha value is -3.90. The first-order chi connectivity index (χ1) is 14.9. The second kappa shape index (κ2) is 6.82. The second-order valence-electron chi connectivity index (χ2n) is 7.60. The van der Waals surface area contributed by atoms with Crippen LogP contribution < -0.4 is 10.4 Å². The third kappa shape index (κ3) is 2.92. The van der Waals surface area contributed by atoms with E-state index in [9.17, 15) is 19.8 Å². The molecular formula is C25H18O6. The average Bonchev–Trinajstić information content (AvgIpc) is 3.03. The van der Waals surface area contributed by atoms with Crippen LogP contribution in [0.1, 0.15) is 21.5 Å². The molecule has 0 saturated carbocycles. The summed E-state index contributed by atoms with van der Waals surface area (Å²) in [6.07, 6.45) is -0.0916. The van der Waals surface area contributed by atoms with Crippen LogP contribution in [0.5, 0.6) is 11.5 Å². The highest BCUT2D eigenvalue weighted by molar-refractivity contribution is 6.17. The van der Waals surface area contributed by atoms with E-state index in [4.69, 9.17) is 9.15 Å². The number of ketones is 1. The molecule has 0 spiro atoms. The number of phenols is 1. The van der Waals surface area contributed by atoms with Crippen molar-refractivity contribution >= 4 is 16.8 Å². The lowest BCUT2D eigenvalue weighted by molar-refractivity contribution is -0.0891. The summed E-state index contributed by atoms with van der Waals surface area (Å²) >= 11 is 0. The molecule has 0 saturated heterocycles. The summed E-state index contributed by atoms with van der Waals surface area (Å²) < 4.78 is 11.1. The molecule has 0 fully saturated rings. The number of carbonyl (C=O) groups excluding carboxylic acids is 1. The molecule has 6 heteroatoms. The van der Waals surface area contributed by atoms with Crippen LogP contribution in [0, 0.1) is 6.92 Å². The molecule has 1 atom stereocenters. The molecule has 1 aromatic heterocycles. The first kappa shape index (κ1) is 19.1. The van der Waals surface area contributed by atoms with Crippen LogP contribution in [-0.4, -0.2) is 21.8 Å². The summed E-state index contributed by atoms with van der Waals surface area (Å²) in [5, 5.41) is 22.3. The summed E-state index contributed by atoms with van der Waals surface area (Å²) in [6, 6.07) is 19.3. The lowest BCUT2D eigenvalue weighted by atomic mass is 9.93. The number of hydrogen-bond acceptors (Lipinski definition) is 6. The predicted octanol–water partition coefficient (Wildman–Crippen LogP) is 3.98. The molecule has 1 aliphatic rings. The number of Topliss-reactive ketones (excluding diaryl/α,β-unsaturated/α-hetero) is 1. The van der Waals surface area contributed by atoms with Gasteiger partial charge in [0.1, 0.15) is 17.1 Å². The highest BCUT2D eigenvalue weighted by atomic mass is 16.6. The quantitative estimate of drug-likeness (QED) is 0.492. The fourth-order valence-electron chi connectivity index (χ4n) is 4.07. The van der Waals surface area contributed by atoms with E-state index in [2.05, 4.69) is 0 Å². The molecule has 1 aliphatic heterocycles. The van der Waals surface area contributed by atoms with E-state index in [1.54, 1.807) is 55.5 Å². The van der Waals surface area contributed by atoms with E-state index < -0.39 is 17.2 Å². The van der Waals surface area contributed by atoms with Crippen molar-refractivity contribution in [2.75, 3.05) is 0 Å². The van der Waals surface area contributed by atoms with Gasteiger partial charge in [-0.2, -0.15) is 0 Å². The zero-order valence-corrected chi connectivity index (χ0v) is 16.6. The van der Waals surface area contributed by atoms with Gasteiger partial charge in [-0.05, 0) is 18.1 Å². The third-order valence-corrected chi connectivity index (χ3v) is 5.57. The molecule has 5 rings (SSSR count). The maximum absolute atomic E-state index is 13.3. The van der Waals surface area contributed by atoms with Crippen LogP contribution in [0.3, 0.4) is 0 Å². The molecule has 2 N–H and O–H groups in total. The summed E-state index contributed by atoms with van der Waals surface area (Å²) in [4.78, 5) is 25.7. The summed E-state index contributed by atoms with van der Waals surface area (Å²) in [6.45, 7) is 1.59. The van der Waals surface area contributed by atoms with Crippen molar-refractivity contribution in [3.63, 3.8) is 0 Å². The van der Waals surface area contributed by atoms with Crippen molar-refractivity contribution in [2.45, 2.75) is 19.1 Å². The molecule has 4 aromatic rings. The van der Waals surface area contributed by atoms with Crippen molar-refractivity contribution in [3.05, 3.63) is 93.8 Å². The standard InChI is InChI=1S/C25H18O6/c1-14-21(27)19-17(16-10-6-3-7-11-16)12-18(26)30-23(19)20-22(14)31-25(29,24(20)28)13-15-8-4-2-5-9-15/h2-12,27,29H,13H2,1H3/t25-/m0/s1. The van der Waals surface area contributed by atoms with Crippen molar-refractivity contribution in [1.82, 2.24) is 0 Å². The molecule has 154 valence electrons. The minimum absolute atomic E-state index is 0.0155. The Morgan fingerprint density at radius 3 is 2.29 bits per heavy atom. The van der Waals surface area contributed by atoms with E-state index >= 15 is 0 Å². The number of aromatic hydroxyl groups is 1. The maximum Gasteiger partial charge on any atom is 0.336 e. The number of carbonyl (C=O) groups is 1. The molecule has 0 unspecified atom stereocenters. The molecule has 3 aromatic carbocycles. The SMILES string of the molecule is Cc1c2c(c3oc(=O)cc(-c4ccccc4)c3c1O)C(=O)[C@](O)(Cc1ccccc1)O2. The van der Waals surface area contributed by atoms with Gasteiger partial charge < -0.3 is 19.4 Å². The lowest BCUT2D eigenvalue weighted by Gasteiger charge is -2.20. The molecule has 0 radical (unpaired) electrons. The van der Waals surface area contributed by atoms with E-state index in [1.165, 1.54) is 6.07 Å². The van der Waals surface area contributed by atoms with Crippen LogP contribution in [0.25, 0.3) is 22.1 Å². The second-order valence-corrected chi connectivity index (χ2v) is 7.60. The van der Waals surface area contributed by atoms with Crippen molar-refractivity contribution in [2.24, 2.45) is 0 Å². The number of hydrogen-bond donors (Lipinski definition) is 2. The fraction of sp³-hybridized carbons (Fsp3) is 0.120. The van der Waals surface area contributed by atoms with Gasteiger partial charge in [-0.1, -0.05) is 60.7 Å². The minimum Gasteiger partial charge on any atom is -0.507 e. The monoisotopic (exact) mass is 414 g/mol. The zero-order chi connectivity index (χ0) is 21.8. The summed E-state index contributed by atoms with van der Waals surface area (Å²) in [5.74, 6) is -3.04. The Kier molecular flexibility index (Phi) is 4.20. The van der Waals surface area contributed by atoms with Gasteiger partial charge in [0.2, 0.25) is 5.78 Å². The Bertz CT molecular complexity index is 1390. The highest BCUT2D eigenvalue weighted by Crippen LogP contribution is 2.48. The van der Waals surface area contributed by atoms with Crippen LogP contribution in [-0.2, 0) is 6.42 Å². The van der Waals surface area contributed by atoms with Gasteiger partial charge in [-0.25, -0.2) is 4.79 Å². The number of rotatable bonds is 3. The van der Waals surface area contributed by atoms with Crippen LogP contribution >= 0.6 is 0 Å². The lowest BCUT2D eigenvalue weighted by Crippen LogP contribution is -2.42. The van der Waals surface area contributed by atoms with Gasteiger partial charge in [0.15, 0.2) is 5.58 Å². The van der Waals surface area contributed by atoms with E-state index in [1.807, 2.05) is 12.1 Å². The Morgan fingerprint density at radius 2 is 1.61 bits per heavy atom. The van der Waals surface area contributed by atoms with Gasteiger partial charge >= 0.3 is 5.63 Å². The molecule has 6 nitrogen and oxygen atoms in total. The molecule has 31 heavy (non-hydrogen) atoms. The van der Waals surface area contributed by atoms with Gasteiger partial charge in [-0.3, -0.25) is 4.79 Å². The van der Waals surface area contributed by atoms with Gasteiger partial charge in [0.25, 0.3) is 5.79 Å². The summed E-state index contributed by atoms with van der Waals surface area (Å²) in [5.41, 5.74) is 1.28. The average molecular weight is 414 g/mol. The molecule has 0 amide bonds. The topological polar surface area (TPSA) is 97.0 Å². The Balaban J connectivity index is 1.77. The molecule has 0 bridgehead atoms. The Morgan fingerprint density at radius 1 is 0.968 bits per heavy atom. The first-order valence-electron chi connectivity index (χ1n) is 9.78.